The van der Waals surface area contributed by atoms with E-state index in [4.69, 9.17) is 13.1 Å². The smallest absolute Gasteiger partial charge is 0.268 e. The summed E-state index contributed by atoms with van der Waals surface area (Å²) in [4.78, 5) is 7.08. The minimum absolute atomic E-state index is 0.0308. The maximum atomic E-state index is 9.79. The van der Waals surface area contributed by atoms with Crippen LogP contribution in [0.4, 0.5) is 0 Å². The van der Waals surface area contributed by atoms with Crippen LogP contribution in [0.3, 0.4) is 0 Å². The molecule has 1 fully saturated rings. The largest absolute Gasteiger partial charge is 0.270 e. The highest BCUT2D eigenvalue weighted by Gasteiger charge is 2.36. The Hall–Kier alpha value is -2.21. The Morgan fingerprint density at radius 3 is 1.64 bits per heavy atom. The molecule has 0 aromatic heterocycles. The van der Waals surface area contributed by atoms with Crippen molar-refractivity contribution in [3.05, 3.63) is 45.1 Å². The number of nitrogens with zero attached hydrogens (tertiary/aromatic N) is 6. The van der Waals surface area contributed by atoms with Crippen molar-refractivity contribution in [2.45, 2.75) is 53.4 Å². The molecule has 1 saturated carbocycles. The Morgan fingerprint density at radius 2 is 1.32 bits per heavy atom. The molecule has 148 valence electrons. The van der Waals surface area contributed by atoms with Gasteiger partial charge in [-0.25, -0.2) is 20.2 Å². The molecule has 0 aromatic rings. The van der Waals surface area contributed by atoms with Crippen LogP contribution in [-0.2, 0) is 0 Å². The number of allylic oxidation sites excluding steroid dienone is 4. The molecule has 0 saturated heterocycles. The van der Waals surface area contributed by atoms with Crippen LogP contribution < -0.4 is 0 Å². The average Bonchev–Trinajstić information content (AvgIpc) is 3.25. The highest BCUT2D eigenvalue weighted by Crippen LogP contribution is 2.58. The van der Waals surface area contributed by atoms with Gasteiger partial charge in [-0.15, -0.1) is 0 Å². The van der Waals surface area contributed by atoms with E-state index in [1.54, 1.807) is 0 Å². The standard InChI is InChI=1S/C21H29N6P/c1-7-26(8-2)28(27(9-3)10-4)21(19(16-23)25-6)20(18(15-22)24-5)17-13-11-12-14-17/h17H,7-14H2,1-4H3/b20-18-,21-19-. The van der Waals surface area contributed by atoms with Crippen LogP contribution in [-0.4, -0.2) is 35.5 Å². The Balaban J connectivity index is 3.93. The summed E-state index contributed by atoms with van der Waals surface area (Å²) in [5.41, 5.74) is 0.737. The summed E-state index contributed by atoms with van der Waals surface area (Å²) >= 11 is 0. The van der Waals surface area contributed by atoms with Gasteiger partial charge in [-0.2, -0.15) is 0 Å². The van der Waals surface area contributed by atoms with Gasteiger partial charge in [0.15, 0.2) is 0 Å². The van der Waals surface area contributed by atoms with Gasteiger partial charge >= 0.3 is 0 Å². The summed E-state index contributed by atoms with van der Waals surface area (Å²) < 4.78 is 4.54. The van der Waals surface area contributed by atoms with Crippen molar-refractivity contribution < 1.29 is 0 Å². The zero-order valence-electron chi connectivity index (χ0n) is 17.4. The molecular weight excluding hydrogens is 367 g/mol. The van der Waals surface area contributed by atoms with Gasteiger partial charge < -0.3 is 0 Å². The lowest BCUT2D eigenvalue weighted by Crippen LogP contribution is -2.31. The molecule has 1 rings (SSSR count). The SMILES string of the molecule is [C-]#[N+]/C(C#N)=C(\C(=C(/C#N)[N+]#[C-])P(N(CC)CC)N(CC)CC)C1CCCC1. The summed E-state index contributed by atoms with van der Waals surface area (Å²) in [7, 11) is -1.14. The Bertz CT molecular complexity index is 713. The monoisotopic (exact) mass is 396 g/mol. The van der Waals surface area contributed by atoms with Crippen LogP contribution in [0.25, 0.3) is 9.69 Å². The Kier molecular flexibility index (Phi) is 10.5. The average molecular weight is 396 g/mol. The minimum atomic E-state index is -1.14. The van der Waals surface area contributed by atoms with Crippen LogP contribution in [0, 0.1) is 41.7 Å². The van der Waals surface area contributed by atoms with Gasteiger partial charge in [0.25, 0.3) is 11.4 Å². The van der Waals surface area contributed by atoms with Crippen LogP contribution >= 0.6 is 8.22 Å². The van der Waals surface area contributed by atoms with Crippen molar-refractivity contribution in [3.8, 4) is 12.1 Å². The first kappa shape index (κ1) is 23.8. The van der Waals surface area contributed by atoms with E-state index in [9.17, 15) is 10.5 Å². The van der Waals surface area contributed by atoms with Crippen molar-refractivity contribution in [1.82, 2.24) is 9.34 Å². The third kappa shape index (κ3) is 5.19. The lowest BCUT2D eigenvalue weighted by Gasteiger charge is -2.41. The first-order valence-electron chi connectivity index (χ1n) is 9.91. The first-order chi connectivity index (χ1) is 13.6. The molecule has 0 unspecified atom stereocenters. The quantitative estimate of drug-likeness (QED) is 0.223. The van der Waals surface area contributed by atoms with Gasteiger partial charge in [0.2, 0.25) is 0 Å². The van der Waals surface area contributed by atoms with Crippen LogP contribution in [0.1, 0.15) is 53.4 Å². The molecule has 0 spiro atoms. The third-order valence-electron chi connectivity index (χ3n) is 5.13. The predicted molar refractivity (Wildman–Crippen MR) is 113 cm³/mol. The molecule has 1 aliphatic rings. The summed E-state index contributed by atoms with van der Waals surface area (Å²) in [6.07, 6.45) is 3.89. The van der Waals surface area contributed by atoms with E-state index >= 15 is 0 Å². The van der Waals surface area contributed by atoms with Crippen molar-refractivity contribution in [2.75, 3.05) is 26.2 Å². The molecule has 28 heavy (non-hydrogen) atoms. The molecule has 7 heteroatoms. The molecule has 1 aliphatic carbocycles. The number of nitriles is 2. The molecule has 0 heterocycles. The van der Waals surface area contributed by atoms with E-state index in [1.165, 1.54) is 0 Å². The second-order valence-corrected chi connectivity index (χ2v) is 8.61. The maximum absolute atomic E-state index is 9.79. The maximum Gasteiger partial charge on any atom is 0.270 e. The van der Waals surface area contributed by atoms with Crippen LogP contribution in [0.15, 0.2) is 22.3 Å². The van der Waals surface area contributed by atoms with Crippen molar-refractivity contribution >= 4 is 8.22 Å². The van der Waals surface area contributed by atoms with Crippen molar-refractivity contribution in [1.29, 1.82) is 10.5 Å². The fraction of sp³-hybridized carbons (Fsp3) is 0.619. The van der Waals surface area contributed by atoms with Crippen molar-refractivity contribution in [3.63, 3.8) is 0 Å². The normalized spacial score (nSPS) is 16.2. The predicted octanol–water partition coefficient (Wildman–Crippen LogP) is 5.52. The van der Waals surface area contributed by atoms with Gasteiger partial charge in [0.1, 0.15) is 0 Å². The molecule has 0 radical (unpaired) electrons. The zero-order chi connectivity index (χ0) is 21.1. The fourth-order valence-electron chi connectivity index (χ4n) is 3.76. The molecule has 0 N–H and O–H groups in total. The van der Waals surface area contributed by atoms with Crippen LogP contribution in [0.5, 0.6) is 0 Å². The summed E-state index contributed by atoms with van der Waals surface area (Å²) in [5, 5.41) is 20.1. The topological polar surface area (TPSA) is 62.8 Å². The van der Waals surface area contributed by atoms with E-state index < -0.39 is 8.22 Å². The highest BCUT2D eigenvalue weighted by molar-refractivity contribution is 7.57. The number of hydrogen-bond acceptors (Lipinski definition) is 4. The van der Waals surface area contributed by atoms with Crippen LogP contribution in [0.2, 0.25) is 0 Å². The van der Waals surface area contributed by atoms with Gasteiger partial charge in [-0.05, 0) is 24.3 Å². The third-order valence-corrected chi connectivity index (χ3v) is 8.19. The van der Waals surface area contributed by atoms with E-state index in [1.807, 2.05) is 0 Å². The van der Waals surface area contributed by atoms with E-state index in [0.717, 1.165) is 51.9 Å². The van der Waals surface area contributed by atoms with Gasteiger partial charge in [-0.3, -0.25) is 9.34 Å². The molecule has 0 amide bonds. The second kappa shape index (κ2) is 12.3. The second-order valence-electron chi connectivity index (χ2n) is 6.46. The molecular formula is C21H29N6P. The lowest BCUT2D eigenvalue weighted by molar-refractivity contribution is 0.427. The number of hydrogen-bond donors (Lipinski definition) is 0. The van der Waals surface area contributed by atoms with Gasteiger partial charge in [0.05, 0.1) is 33.5 Å². The highest BCUT2D eigenvalue weighted by atomic mass is 31.1. The molecule has 0 atom stereocenters. The summed E-state index contributed by atoms with van der Waals surface area (Å²) in [5.74, 6) is 0.0694. The molecule has 0 aromatic carbocycles. The number of rotatable bonds is 9. The Labute approximate surface area is 171 Å². The molecule has 6 nitrogen and oxygen atoms in total. The van der Waals surface area contributed by atoms with Gasteiger partial charge in [0, 0.05) is 31.5 Å². The fourth-order valence-corrected chi connectivity index (χ4v) is 6.55. The van der Waals surface area contributed by atoms with E-state index in [2.05, 4.69) is 58.9 Å². The van der Waals surface area contributed by atoms with E-state index in [-0.39, 0.29) is 17.3 Å². The summed E-state index contributed by atoms with van der Waals surface area (Å²) in [6.45, 7) is 26.6. The van der Waals surface area contributed by atoms with E-state index in [0.29, 0.717) is 10.9 Å². The minimum Gasteiger partial charge on any atom is -0.268 e. The lowest BCUT2D eigenvalue weighted by atomic mass is 9.94. The van der Waals surface area contributed by atoms with Crippen molar-refractivity contribution in [2.24, 2.45) is 5.92 Å². The zero-order valence-corrected chi connectivity index (χ0v) is 18.3. The molecule has 0 aliphatic heterocycles. The van der Waals surface area contributed by atoms with Gasteiger partial charge in [-0.1, -0.05) is 40.5 Å². The summed E-state index contributed by atoms with van der Waals surface area (Å²) in [6, 6.07) is 4.16. The first-order valence-corrected chi connectivity index (χ1v) is 11.2. The Morgan fingerprint density at radius 1 is 0.893 bits per heavy atom. The molecule has 0 bridgehead atoms.